The van der Waals surface area contributed by atoms with Crippen molar-refractivity contribution in [1.29, 1.82) is 0 Å². The molecule has 13 heavy (non-hydrogen) atoms. The fourth-order valence-corrected chi connectivity index (χ4v) is 0.681. The average molecular weight is 235 g/mol. The van der Waals surface area contributed by atoms with Gasteiger partial charge in [0.1, 0.15) is 11.8 Å². The SMILES string of the molecule is CC(C)N=C(NC(C)C)C(=O)[O-].[Cu+]. The van der Waals surface area contributed by atoms with Gasteiger partial charge in [-0.3, -0.25) is 4.99 Å². The number of nitrogens with one attached hydrogen (secondary N) is 1. The van der Waals surface area contributed by atoms with Crippen molar-refractivity contribution >= 4 is 11.8 Å². The fourth-order valence-electron chi connectivity index (χ4n) is 0.681. The molecule has 0 rings (SSSR count). The van der Waals surface area contributed by atoms with Crippen LogP contribution in [0.3, 0.4) is 0 Å². The molecule has 0 fully saturated rings. The molecule has 0 atom stereocenters. The van der Waals surface area contributed by atoms with E-state index in [4.69, 9.17) is 0 Å². The third-order valence-corrected chi connectivity index (χ3v) is 1.01. The number of nitrogens with zero attached hydrogens (tertiary/aromatic N) is 1. The van der Waals surface area contributed by atoms with Crippen molar-refractivity contribution in [1.82, 2.24) is 5.32 Å². The van der Waals surface area contributed by atoms with Gasteiger partial charge in [-0.1, -0.05) is 0 Å². The first-order valence-electron chi connectivity index (χ1n) is 3.99. The summed E-state index contributed by atoms with van der Waals surface area (Å²) in [6.07, 6.45) is 0. The second kappa shape index (κ2) is 6.92. The Morgan fingerprint density at radius 1 is 1.31 bits per heavy atom. The maximum absolute atomic E-state index is 10.5. The summed E-state index contributed by atoms with van der Waals surface area (Å²) in [6, 6.07) is 0.0181. The second-order valence-electron chi connectivity index (χ2n) is 3.16. The fraction of sp³-hybridized carbons (Fsp3) is 0.750. The largest absolute Gasteiger partial charge is 1.00 e. The maximum atomic E-state index is 10.5. The van der Waals surface area contributed by atoms with Crippen LogP contribution in [0.2, 0.25) is 0 Å². The van der Waals surface area contributed by atoms with E-state index in [0.717, 1.165) is 0 Å². The summed E-state index contributed by atoms with van der Waals surface area (Å²) in [6.45, 7) is 7.31. The molecule has 0 amide bonds. The van der Waals surface area contributed by atoms with Gasteiger partial charge in [-0.05, 0) is 27.7 Å². The van der Waals surface area contributed by atoms with Gasteiger partial charge in [-0.15, -0.1) is 0 Å². The number of carbonyl (C=O) groups excluding carboxylic acids is 1. The predicted octanol–water partition coefficient (Wildman–Crippen LogP) is -0.461. The zero-order valence-electron chi connectivity index (χ0n) is 8.22. The van der Waals surface area contributed by atoms with E-state index >= 15 is 0 Å². The molecule has 0 saturated heterocycles. The summed E-state index contributed by atoms with van der Waals surface area (Å²) in [5.74, 6) is -1.32. The van der Waals surface area contributed by atoms with E-state index in [9.17, 15) is 9.90 Å². The first kappa shape index (κ1) is 15.0. The van der Waals surface area contributed by atoms with Crippen LogP contribution in [0.15, 0.2) is 4.99 Å². The molecule has 1 N–H and O–H groups in total. The molecule has 0 spiro atoms. The van der Waals surface area contributed by atoms with Crippen LogP contribution in [0.5, 0.6) is 0 Å². The Balaban J connectivity index is 0. The van der Waals surface area contributed by atoms with Crippen molar-refractivity contribution in [3.63, 3.8) is 0 Å². The number of aliphatic carboxylic acids is 1. The minimum absolute atomic E-state index is 0. The zero-order valence-corrected chi connectivity index (χ0v) is 9.16. The van der Waals surface area contributed by atoms with Gasteiger partial charge in [0.2, 0.25) is 0 Å². The summed E-state index contributed by atoms with van der Waals surface area (Å²) in [7, 11) is 0. The Kier molecular flexibility index (Phi) is 7.96. The summed E-state index contributed by atoms with van der Waals surface area (Å²) < 4.78 is 0. The van der Waals surface area contributed by atoms with Gasteiger partial charge in [0.05, 0.1) is 0 Å². The molecule has 0 bridgehead atoms. The Bertz CT molecular complexity index is 191. The van der Waals surface area contributed by atoms with E-state index in [2.05, 4.69) is 10.3 Å². The van der Waals surface area contributed by atoms with Crippen LogP contribution < -0.4 is 10.4 Å². The molecule has 0 aliphatic carbocycles. The normalized spacial score (nSPS) is 11.4. The molecular formula is C8H15CuN2O2. The van der Waals surface area contributed by atoms with E-state index in [-0.39, 0.29) is 35.0 Å². The summed E-state index contributed by atoms with van der Waals surface area (Å²) in [5, 5.41) is 13.2. The van der Waals surface area contributed by atoms with Crippen LogP contribution in [-0.4, -0.2) is 23.9 Å². The number of aliphatic imine (C=N–C) groups is 1. The van der Waals surface area contributed by atoms with Crippen molar-refractivity contribution in [3.05, 3.63) is 0 Å². The Morgan fingerprint density at radius 3 is 2.00 bits per heavy atom. The van der Waals surface area contributed by atoms with Gasteiger partial charge in [0.15, 0.2) is 0 Å². The molecule has 5 heteroatoms. The van der Waals surface area contributed by atoms with E-state index in [0.29, 0.717) is 0 Å². The minimum atomic E-state index is -1.25. The van der Waals surface area contributed by atoms with Crippen LogP contribution in [0.1, 0.15) is 27.7 Å². The standard InChI is InChI=1S/C8H16N2O2.Cu/c1-5(2)9-7(8(11)12)10-6(3)4;/h5-6H,1-4H3,(H,9,10)(H,11,12);/q;+1/p-1. The maximum Gasteiger partial charge on any atom is 1.00 e. The number of carbonyl (C=O) groups is 1. The zero-order chi connectivity index (χ0) is 9.72. The van der Waals surface area contributed by atoms with Gasteiger partial charge in [-0.2, -0.15) is 0 Å². The van der Waals surface area contributed by atoms with Gasteiger partial charge in [0.25, 0.3) is 0 Å². The first-order chi connectivity index (χ1) is 5.43. The van der Waals surface area contributed by atoms with E-state index in [1.165, 1.54) is 0 Å². The molecule has 4 nitrogen and oxygen atoms in total. The number of carboxylic acids is 1. The van der Waals surface area contributed by atoms with Crippen LogP contribution >= 0.6 is 0 Å². The monoisotopic (exact) mass is 234 g/mol. The van der Waals surface area contributed by atoms with Gasteiger partial charge >= 0.3 is 17.1 Å². The van der Waals surface area contributed by atoms with Crippen molar-refractivity contribution in [3.8, 4) is 0 Å². The third-order valence-electron chi connectivity index (χ3n) is 1.01. The number of hydrogen-bond donors (Lipinski definition) is 1. The van der Waals surface area contributed by atoms with Gasteiger partial charge < -0.3 is 15.2 Å². The molecule has 0 aliphatic rings. The summed E-state index contributed by atoms with van der Waals surface area (Å²) in [5.41, 5.74) is 0. The van der Waals surface area contributed by atoms with Crippen molar-refractivity contribution in [2.24, 2.45) is 4.99 Å². The summed E-state index contributed by atoms with van der Waals surface area (Å²) >= 11 is 0. The number of amidine groups is 1. The molecule has 0 aliphatic heterocycles. The van der Waals surface area contributed by atoms with Gasteiger partial charge in [0, 0.05) is 12.1 Å². The third kappa shape index (κ3) is 7.81. The topological polar surface area (TPSA) is 64.5 Å². The molecule has 0 saturated carbocycles. The van der Waals surface area contributed by atoms with Crippen LogP contribution in [0.25, 0.3) is 0 Å². The second-order valence-corrected chi connectivity index (χ2v) is 3.16. The summed E-state index contributed by atoms with van der Waals surface area (Å²) in [4.78, 5) is 14.3. The number of carboxylic acid groups (broad SMARTS) is 1. The average Bonchev–Trinajstić information content (AvgIpc) is 1.83. The Hall–Kier alpha value is -0.541. The smallest absolute Gasteiger partial charge is 0.542 e. The molecule has 0 aromatic heterocycles. The Labute approximate surface area is 89.3 Å². The molecule has 0 aromatic carbocycles. The molecule has 0 heterocycles. The van der Waals surface area contributed by atoms with E-state index < -0.39 is 5.97 Å². The molecule has 0 radical (unpaired) electrons. The number of hydrogen-bond acceptors (Lipinski definition) is 3. The van der Waals surface area contributed by atoms with Crippen LogP contribution in [0.4, 0.5) is 0 Å². The van der Waals surface area contributed by atoms with Crippen LogP contribution in [0, 0.1) is 0 Å². The van der Waals surface area contributed by atoms with Gasteiger partial charge in [-0.25, -0.2) is 0 Å². The molecular weight excluding hydrogens is 220 g/mol. The number of rotatable bonds is 2. The van der Waals surface area contributed by atoms with Crippen molar-refractivity contribution in [2.75, 3.05) is 0 Å². The first-order valence-corrected chi connectivity index (χ1v) is 3.99. The molecule has 0 unspecified atom stereocenters. The molecule has 0 aromatic rings. The van der Waals surface area contributed by atoms with Crippen LogP contribution in [-0.2, 0) is 21.9 Å². The van der Waals surface area contributed by atoms with E-state index in [1.54, 1.807) is 0 Å². The minimum Gasteiger partial charge on any atom is -0.542 e. The molecule has 80 valence electrons. The Morgan fingerprint density at radius 2 is 1.77 bits per heavy atom. The van der Waals surface area contributed by atoms with E-state index in [1.807, 2.05) is 27.7 Å². The predicted molar refractivity (Wildman–Crippen MR) is 45.8 cm³/mol. The van der Waals surface area contributed by atoms with Crippen molar-refractivity contribution < 1.29 is 27.0 Å². The quantitative estimate of drug-likeness (QED) is 0.400. The van der Waals surface area contributed by atoms with Crippen molar-refractivity contribution in [2.45, 2.75) is 39.8 Å².